The van der Waals surface area contributed by atoms with Gasteiger partial charge in [0.1, 0.15) is 0 Å². The van der Waals surface area contributed by atoms with E-state index in [1.165, 1.54) is 16.7 Å². The summed E-state index contributed by atoms with van der Waals surface area (Å²) >= 11 is 0. The molecule has 1 aliphatic carbocycles. The molecule has 1 saturated carbocycles. The number of benzene rings is 2. The van der Waals surface area contributed by atoms with Gasteiger partial charge in [0.15, 0.2) is 0 Å². The maximum absolute atomic E-state index is 12.6. The monoisotopic (exact) mass is 344 g/mol. The number of amides is 1. The molecule has 2 atom stereocenters. The third kappa shape index (κ3) is 4.16. The number of nitrogens with zero attached hydrogens (tertiary/aromatic N) is 1. The third-order valence-electron chi connectivity index (χ3n) is 4.71. The zero-order chi connectivity index (χ0) is 16.2. The van der Waals surface area contributed by atoms with Gasteiger partial charge in [0.05, 0.1) is 0 Å². The largest absolute Gasteiger partial charge is 0.341 e. The first kappa shape index (κ1) is 18.5. The van der Waals surface area contributed by atoms with Gasteiger partial charge in [0.2, 0.25) is 5.91 Å². The Morgan fingerprint density at radius 1 is 1.08 bits per heavy atom. The highest BCUT2D eigenvalue weighted by molar-refractivity contribution is 5.85. The topological polar surface area (TPSA) is 46.3 Å². The van der Waals surface area contributed by atoms with E-state index >= 15 is 0 Å². The second-order valence-corrected chi connectivity index (χ2v) is 6.49. The first-order valence-electron chi connectivity index (χ1n) is 8.29. The smallest absolute Gasteiger partial charge is 0.225 e. The van der Waals surface area contributed by atoms with Crippen LogP contribution in [-0.2, 0) is 11.3 Å². The summed E-state index contributed by atoms with van der Waals surface area (Å²) in [5, 5.41) is 0. The van der Waals surface area contributed by atoms with Gasteiger partial charge in [-0.25, -0.2) is 0 Å². The molecule has 1 amide bonds. The number of halogens is 1. The SMILES string of the molecule is CN(Cc1ccccc1-c1ccccc1)C(=O)C1CCC(N)C1.Cl. The van der Waals surface area contributed by atoms with Crippen molar-refractivity contribution in [3.8, 4) is 11.1 Å². The van der Waals surface area contributed by atoms with Gasteiger partial charge in [-0.3, -0.25) is 4.79 Å². The van der Waals surface area contributed by atoms with Crippen molar-refractivity contribution in [2.75, 3.05) is 7.05 Å². The summed E-state index contributed by atoms with van der Waals surface area (Å²) in [6.07, 6.45) is 2.71. The summed E-state index contributed by atoms with van der Waals surface area (Å²) in [5.41, 5.74) is 9.50. The van der Waals surface area contributed by atoms with E-state index in [-0.39, 0.29) is 30.3 Å². The van der Waals surface area contributed by atoms with Gasteiger partial charge in [0, 0.05) is 25.6 Å². The second-order valence-electron chi connectivity index (χ2n) is 6.49. The molecule has 24 heavy (non-hydrogen) atoms. The number of hydrogen-bond donors (Lipinski definition) is 1. The number of nitrogens with two attached hydrogens (primary N) is 1. The van der Waals surface area contributed by atoms with Gasteiger partial charge in [0.25, 0.3) is 0 Å². The molecule has 0 heterocycles. The minimum Gasteiger partial charge on any atom is -0.341 e. The Hall–Kier alpha value is -1.84. The maximum Gasteiger partial charge on any atom is 0.225 e. The number of carbonyl (C=O) groups is 1. The molecule has 0 radical (unpaired) electrons. The van der Waals surface area contributed by atoms with Gasteiger partial charge in [-0.15, -0.1) is 12.4 Å². The zero-order valence-corrected chi connectivity index (χ0v) is 14.8. The fraction of sp³-hybridized carbons (Fsp3) is 0.350. The van der Waals surface area contributed by atoms with Gasteiger partial charge >= 0.3 is 0 Å². The summed E-state index contributed by atoms with van der Waals surface area (Å²) in [6, 6.07) is 18.8. The molecule has 4 heteroatoms. The molecule has 2 N–H and O–H groups in total. The molecule has 1 aliphatic rings. The molecule has 0 spiro atoms. The lowest BCUT2D eigenvalue weighted by atomic mass is 9.99. The van der Waals surface area contributed by atoms with Crippen LogP contribution in [0, 0.1) is 5.92 Å². The first-order valence-corrected chi connectivity index (χ1v) is 8.29. The van der Waals surface area contributed by atoms with Crippen LogP contribution in [0.15, 0.2) is 54.6 Å². The predicted molar refractivity (Wildman–Crippen MR) is 101 cm³/mol. The van der Waals surface area contributed by atoms with Crippen LogP contribution < -0.4 is 5.73 Å². The van der Waals surface area contributed by atoms with Crippen LogP contribution in [0.2, 0.25) is 0 Å². The number of rotatable bonds is 4. The average Bonchev–Trinajstić information content (AvgIpc) is 3.02. The molecular formula is C20H25ClN2O. The van der Waals surface area contributed by atoms with E-state index in [9.17, 15) is 4.79 Å². The van der Waals surface area contributed by atoms with Crippen molar-refractivity contribution >= 4 is 18.3 Å². The third-order valence-corrected chi connectivity index (χ3v) is 4.71. The highest BCUT2D eigenvalue weighted by atomic mass is 35.5. The molecule has 2 aromatic rings. The van der Waals surface area contributed by atoms with Crippen molar-refractivity contribution in [2.45, 2.75) is 31.8 Å². The highest BCUT2D eigenvalue weighted by Gasteiger charge is 2.29. The quantitative estimate of drug-likeness (QED) is 0.915. The number of carbonyl (C=O) groups excluding carboxylic acids is 1. The Morgan fingerprint density at radius 3 is 2.42 bits per heavy atom. The first-order chi connectivity index (χ1) is 11.1. The zero-order valence-electron chi connectivity index (χ0n) is 14.0. The molecule has 3 rings (SSSR count). The minimum atomic E-state index is 0. The van der Waals surface area contributed by atoms with Crippen LogP contribution in [0.25, 0.3) is 11.1 Å². The van der Waals surface area contributed by atoms with Crippen molar-refractivity contribution in [2.24, 2.45) is 11.7 Å². The molecule has 0 saturated heterocycles. The van der Waals surface area contributed by atoms with Crippen molar-refractivity contribution in [3.05, 3.63) is 60.2 Å². The van der Waals surface area contributed by atoms with E-state index in [1.807, 2.05) is 42.3 Å². The Kier molecular flexibility index (Phi) is 6.41. The van der Waals surface area contributed by atoms with Crippen molar-refractivity contribution in [3.63, 3.8) is 0 Å². The highest BCUT2D eigenvalue weighted by Crippen LogP contribution is 2.28. The fourth-order valence-electron chi connectivity index (χ4n) is 3.44. The summed E-state index contributed by atoms with van der Waals surface area (Å²) in [7, 11) is 1.90. The lowest BCUT2D eigenvalue weighted by molar-refractivity contribution is -0.134. The summed E-state index contributed by atoms with van der Waals surface area (Å²) in [4.78, 5) is 14.5. The molecule has 0 aromatic heterocycles. The van der Waals surface area contributed by atoms with Crippen LogP contribution in [0.3, 0.4) is 0 Å². The molecule has 2 aromatic carbocycles. The van der Waals surface area contributed by atoms with Crippen LogP contribution in [0.1, 0.15) is 24.8 Å². The molecule has 1 fully saturated rings. The molecule has 3 nitrogen and oxygen atoms in total. The average molecular weight is 345 g/mol. The van der Waals surface area contributed by atoms with Gasteiger partial charge in [-0.2, -0.15) is 0 Å². The lowest BCUT2D eigenvalue weighted by Gasteiger charge is -2.22. The van der Waals surface area contributed by atoms with E-state index in [0.717, 1.165) is 19.3 Å². The van der Waals surface area contributed by atoms with E-state index in [0.29, 0.717) is 6.54 Å². The summed E-state index contributed by atoms with van der Waals surface area (Å²) < 4.78 is 0. The molecule has 0 bridgehead atoms. The van der Waals surface area contributed by atoms with Crippen LogP contribution in [0.5, 0.6) is 0 Å². The molecule has 0 aliphatic heterocycles. The van der Waals surface area contributed by atoms with Gasteiger partial charge in [-0.05, 0) is 36.0 Å². The Labute approximate surface area is 150 Å². The second kappa shape index (κ2) is 8.32. The standard InChI is InChI=1S/C20H24N2O.ClH/c1-22(20(23)16-11-12-18(21)13-16)14-17-9-5-6-10-19(17)15-7-3-2-4-8-15;/h2-10,16,18H,11-14,21H2,1H3;1H. The predicted octanol–water partition coefficient (Wildman–Crippen LogP) is 3.86. The van der Waals surface area contributed by atoms with Crippen LogP contribution in [-0.4, -0.2) is 23.9 Å². The summed E-state index contributed by atoms with van der Waals surface area (Å²) in [5.74, 6) is 0.319. The Balaban J connectivity index is 0.00000208. The van der Waals surface area contributed by atoms with Gasteiger partial charge in [-0.1, -0.05) is 54.6 Å². The summed E-state index contributed by atoms with van der Waals surface area (Å²) in [6.45, 7) is 0.635. The van der Waals surface area contributed by atoms with E-state index in [1.54, 1.807) is 0 Å². The maximum atomic E-state index is 12.6. The van der Waals surface area contributed by atoms with E-state index in [4.69, 9.17) is 5.73 Å². The Morgan fingerprint density at radius 2 is 1.75 bits per heavy atom. The van der Waals surface area contributed by atoms with Crippen LogP contribution >= 0.6 is 12.4 Å². The van der Waals surface area contributed by atoms with Crippen molar-refractivity contribution in [1.29, 1.82) is 0 Å². The number of hydrogen-bond acceptors (Lipinski definition) is 2. The van der Waals surface area contributed by atoms with Crippen molar-refractivity contribution < 1.29 is 4.79 Å². The van der Waals surface area contributed by atoms with E-state index < -0.39 is 0 Å². The lowest BCUT2D eigenvalue weighted by Crippen LogP contribution is -2.32. The van der Waals surface area contributed by atoms with E-state index in [2.05, 4.69) is 24.3 Å². The fourth-order valence-corrected chi connectivity index (χ4v) is 3.44. The van der Waals surface area contributed by atoms with Crippen LogP contribution in [0.4, 0.5) is 0 Å². The molecule has 2 unspecified atom stereocenters. The van der Waals surface area contributed by atoms with Crippen molar-refractivity contribution in [1.82, 2.24) is 4.90 Å². The minimum absolute atomic E-state index is 0. The normalized spacial score (nSPS) is 19.6. The van der Waals surface area contributed by atoms with Gasteiger partial charge < -0.3 is 10.6 Å². The Bertz CT molecular complexity index is 674. The molecular weight excluding hydrogens is 320 g/mol. The molecule has 128 valence electrons.